The van der Waals surface area contributed by atoms with Crippen molar-refractivity contribution < 1.29 is 9.18 Å². The number of halogens is 2. The lowest BCUT2D eigenvalue weighted by Gasteiger charge is -2.07. The lowest BCUT2D eigenvalue weighted by molar-refractivity contribution is 0.102. The minimum absolute atomic E-state index is 0.275. The summed E-state index contributed by atoms with van der Waals surface area (Å²) >= 11 is 1.89. The minimum atomic E-state index is -0.407. The molecule has 1 aromatic heterocycles. The SMILES string of the molecule is O=C(Nc1cccc(-c2n[nH]c(C3CC3)n2)c1)c1ccc(I)c(F)c1. The van der Waals surface area contributed by atoms with Gasteiger partial charge in [-0.3, -0.25) is 9.89 Å². The summed E-state index contributed by atoms with van der Waals surface area (Å²) in [5.74, 6) is 1.26. The van der Waals surface area contributed by atoms with Gasteiger partial charge in [0.05, 0.1) is 0 Å². The van der Waals surface area contributed by atoms with E-state index in [1.807, 2.05) is 34.7 Å². The molecule has 25 heavy (non-hydrogen) atoms. The quantitative estimate of drug-likeness (QED) is 0.584. The number of carbonyl (C=O) groups is 1. The molecule has 0 atom stereocenters. The summed E-state index contributed by atoms with van der Waals surface area (Å²) in [6.45, 7) is 0. The molecule has 0 spiro atoms. The third-order valence-corrected chi connectivity index (χ3v) is 4.90. The molecular weight excluding hydrogens is 434 g/mol. The van der Waals surface area contributed by atoms with Gasteiger partial charge in [-0.2, -0.15) is 5.10 Å². The zero-order valence-corrected chi connectivity index (χ0v) is 15.2. The van der Waals surface area contributed by atoms with Crippen LogP contribution in [0.25, 0.3) is 11.4 Å². The smallest absolute Gasteiger partial charge is 0.255 e. The summed E-state index contributed by atoms with van der Waals surface area (Å²) < 4.78 is 14.1. The number of hydrogen-bond donors (Lipinski definition) is 2. The van der Waals surface area contributed by atoms with Gasteiger partial charge in [0, 0.05) is 26.3 Å². The zero-order valence-electron chi connectivity index (χ0n) is 13.1. The molecule has 1 heterocycles. The standard InChI is InChI=1S/C18H14FIN4O/c19-14-9-12(6-7-15(14)20)18(25)21-13-3-1-2-11(8-13)17-22-16(23-24-17)10-4-5-10/h1-3,6-10H,4-5H2,(H,21,25)(H,22,23,24). The van der Waals surface area contributed by atoms with Crippen LogP contribution in [0.1, 0.15) is 34.9 Å². The first-order chi connectivity index (χ1) is 12.1. The predicted octanol–water partition coefficient (Wildman–Crippen LogP) is 4.35. The molecule has 4 rings (SSSR count). The molecule has 126 valence electrons. The van der Waals surface area contributed by atoms with Crippen LogP contribution in [-0.2, 0) is 0 Å². The number of aromatic amines is 1. The van der Waals surface area contributed by atoms with E-state index in [0.29, 0.717) is 21.0 Å². The van der Waals surface area contributed by atoms with E-state index < -0.39 is 5.82 Å². The van der Waals surface area contributed by atoms with Crippen LogP contribution in [0.3, 0.4) is 0 Å². The first-order valence-corrected chi connectivity index (χ1v) is 8.97. The Kier molecular flexibility index (Phi) is 4.24. The Labute approximate surface area is 157 Å². The van der Waals surface area contributed by atoms with Crippen molar-refractivity contribution in [3.05, 3.63) is 63.2 Å². The number of H-pyrrole nitrogens is 1. The van der Waals surface area contributed by atoms with Crippen molar-refractivity contribution in [3.63, 3.8) is 0 Å². The molecular formula is C18H14FIN4O. The van der Waals surface area contributed by atoms with Gasteiger partial charge in [-0.1, -0.05) is 12.1 Å². The van der Waals surface area contributed by atoms with Crippen molar-refractivity contribution in [1.29, 1.82) is 0 Å². The number of amides is 1. The second-order valence-electron chi connectivity index (χ2n) is 5.98. The van der Waals surface area contributed by atoms with E-state index in [-0.39, 0.29) is 11.5 Å². The van der Waals surface area contributed by atoms with E-state index in [9.17, 15) is 9.18 Å². The fourth-order valence-corrected chi connectivity index (χ4v) is 2.85. The first-order valence-electron chi connectivity index (χ1n) is 7.89. The predicted molar refractivity (Wildman–Crippen MR) is 101 cm³/mol. The van der Waals surface area contributed by atoms with E-state index in [4.69, 9.17) is 0 Å². The normalized spacial score (nSPS) is 13.7. The highest BCUT2D eigenvalue weighted by Crippen LogP contribution is 2.38. The van der Waals surface area contributed by atoms with Crippen LogP contribution in [0, 0.1) is 9.39 Å². The van der Waals surface area contributed by atoms with Gasteiger partial charge in [-0.15, -0.1) is 0 Å². The molecule has 1 amide bonds. The number of carbonyl (C=O) groups excluding carboxylic acids is 1. The van der Waals surface area contributed by atoms with Gasteiger partial charge in [0.15, 0.2) is 5.82 Å². The van der Waals surface area contributed by atoms with Gasteiger partial charge >= 0.3 is 0 Å². The number of anilines is 1. The number of aromatic nitrogens is 3. The van der Waals surface area contributed by atoms with Gasteiger partial charge in [-0.25, -0.2) is 9.37 Å². The summed E-state index contributed by atoms with van der Waals surface area (Å²) in [5.41, 5.74) is 1.70. The summed E-state index contributed by atoms with van der Waals surface area (Å²) in [5, 5.41) is 10.0. The number of hydrogen-bond acceptors (Lipinski definition) is 3. The van der Waals surface area contributed by atoms with Crippen molar-refractivity contribution in [1.82, 2.24) is 15.2 Å². The van der Waals surface area contributed by atoms with Crippen molar-refractivity contribution in [2.45, 2.75) is 18.8 Å². The second kappa shape index (κ2) is 6.55. The number of rotatable bonds is 4. The molecule has 3 aromatic rings. The molecule has 0 bridgehead atoms. The summed E-state index contributed by atoms with van der Waals surface area (Å²) in [6.07, 6.45) is 2.30. The minimum Gasteiger partial charge on any atom is -0.322 e. The fourth-order valence-electron chi connectivity index (χ4n) is 2.52. The van der Waals surface area contributed by atoms with E-state index in [1.54, 1.807) is 24.3 Å². The van der Waals surface area contributed by atoms with Crippen LogP contribution in [0.2, 0.25) is 0 Å². The monoisotopic (exact) mass is 448 g/mol. The number of benzene rings is 2. The van der Waals surface area contributed by atoms with Crippen LogP contribution in [0.4, 0.5) is 10.1 Å². The lowest BCUT2D eigenvalue weighted by Crippen LogP contribution is -2.12. The van der Waals surface area contributed by atoms with Crippen molar-refractivity contribution in [2.75, 3.05) is 5.32 Å². The summed E-state index contributed by atoms with van der Waals surface area (Å²) in [4.78, 5) is 16.8. The molecule has 0 saturated heterocycles. The molecule has 2 aromatic carbocycles. The Morgan fingerprint density at radius 3 is 2.84 bits per heavy atom. The maximum absolute atomic E-state index is 13.6. The Hall–Kier alpha value is -2.29. The average molecular weight is 448 g/mol. The van der Waals surface area contributed by atoms with E-state index in [0.717, 1.165) is 24.2 Å². The van der Waals surface area contributed by atoms with Crippen molar-refractivity contribution >= 4 is 34.2 Å². The molecule has 0 aliphatic heterocycles. The molecule has 2 N–H and O–H groups in total. The zero-order chi connectivity index (χ0) is 17.4. The molecule has 5 nitrogen and oxygen atoms in total. The third kappa shape index (κ3) is 3.55. The molecule has 1 fully saturated rings. The maximum atomic E-state index is 13.6. The van der Waals surface area contributed by atoms with Crippen LogP contribution in [0.15, 0.2) is 42.5 Å². The average Bonchev–Trinajstić information content (AvgIpc) is 3.34. The first kappa shape index (κ1) is 16.2. The van der Waals surface area contributed by atoms with Gasteiger partial charge in [-0.05, 0) is 65.8 Å². The van der Waals surface area contributed by atoms with E-state index in [2.05, 4.69) is 20.5 Å². The van der Waals surface area contributed by atoms with Gasteiger partial charge < -0.3 is 5.32 Å². The van der Waals surface area contributed by atoms with Gasteiger partial charge in [0.25, 0.3) is 5.91 Å². The highest BCUT2D eigenvalue weighted by Gasteiger charge is 2.27. The maximum Gasteiger partial charge on any atom is 0.255 e. The van der Waals surface area contributed by atoms with Gasteiger partial charge in [0.2, 0.25) is 0 Å². The molecule has 7 heteroatoms. The van der Waals surface area contributed by atoms with Crippen LogP contribution in [-0.4, -0.2) is 21.1 Å². The molecule has 1 saturated carbocycles. The second-order valence-corrected chi connectivity index (χ2v) is 7.14. The molecule has 0 unspecified atom stereocenters. The lowest BCUT2D eigenvalue weighted by atomic mass is 10.1. The van der Waals surface area contributed by atoms with Crippen molar-refractivity contribution in [2.24, 2.45) is 0 Å². The highest BCUT2D eigenvalue weighted by atomic mass is 127. The third-order valence-electron chi connectivity index (χ3n) is 4.03. The van der Waals surface area contributed by atoms with E-state index >= 15 is 0 Å². The van der Waals surface area contributed by atoms with Crippen LogP contribution in [0.5, 0.6) is 0 Å². The molecule has 1 aliphatic rings. The van der Waals surface area contributed by atoms with Crippen LogP contribution < -0.4 is 5.32 Å². The highest BCUT2D eigenvalue weighted by molar-refractivity contribution is 14.1. The molecule has 1 aliphatic carbocycles. The Bertz CT molecular complexity index is 952. The number of nitrogens with one attached hydrogen (secondary N) is 2. The Balaban J connectivity index is 1.54. The number of nitrogens with zero attached hydrogens (tertiary/aromatic N) is 2. The largest absolute Gasteiger partial charge is 0.322 e. The van der Waals surface area contributed by atoms with E-state index in [1.165, 1.54) is 6.07 Å². The Morgan fingerprint density at radius 2 is 2.08 bits per heavy atom. The summed E-state index contributed by atoms with van der Waals surface area (Å²) in [6, 6.07) is 11.7. The van der Waals surface area contributed by atoms with Gasteiger partial charge in [0.1, 0.15) is 11.6 Å². The van der Waals surface area contributed by atoms with Crippen LogP contribution >= 0.6 is 22.6 Å². The van der Waals surface area contributed by atoms with Crippen molar-refractivity contribution in [3.8, 4) is 11.4 Å². The molecule has 0 radical (unpaired) electrons. The Morgan fingerprint density at radius 1 is 1.24 bits per heavy atom. The summed E-state index contributed by atoms with van der Waals surface area (Å²) in [7, 11) is 0. The topological polar surface area (TPSA) is 70.7 Å². The fraction of sp³-hybridized carbons (Fsp3) is 0.167.